The highest BCUT2D eigenvalue weighted by molar-refractivity contribution is 9.09. The molecule has 0 spiro atoms. The number of rotatable bonds is 0. The molecule has 0 unspecified atom stereocenters. The Morgan fingerprint density at radius 3 is 3.31 bits per heavy atom. The van der Waals surface area contributed by atoms with E-state index < -0.39 is 0 Å². The van der Waals surface area contributed by atoms with Gasteiger partial charge in [-0.15, -0.1) is 0 Å². The first-order chi connectivity index (χ1) is 6.42. The number of fused-ring (bicyclic) bond motifs is 1. The van der Waals surface area contributed by atoms with E-state index in [4.69, 9.17) is 0 Å². The van der Waals surface area contributed by atoms with Crippen molar-refractivity contribution in [1.29, 1.82) is 0 Å². The molecule has 13 heavy (non-hydrogen) atoms. The van der Waals surface area contributed by atoms with E-state index in [0.717, 1.165) is 11.1 Å². The quantitative estimate of drug-likeness (QED) is 0.558. The summed E-state index contributed by atoms with van der Waals surface area (Å²) in [6.45, 7) is 0. The Hall–Kier alpha value is -1.34. The van der Waals surface area contributed by atoms with Crippen LogP contribution >= 0.6 is 15.9 Å². The van der Waals surface area contributed by atoms with Crippen LogP contribution in [-0.4, -0.2) is 20.5 Å². The summed E-state index contributed by atoms with van der Waals surface area (Å²) in [7, 11) is 0. The van der Waals surface area contributed by atoms with Gasteiger partial charge in [0, 0.05) is 6.20 Å². The molecule has 0 fully saturated rings. The summed E-state index contributed by atoms with van der Waals surface area (Å²) >= 11 is 3.24. The molecule has 4 heteroatoms. The van der Waals surface area contributed by atoms with Crippen molar-refractivity contribution in [2.24, 2.45) is 0 Å². The maximum Gasteiger partial charge on any atom is 0.182 e. The molecule has 0 saturated carbocycles. The van der Waals surface area contributed by atoms with Gasteiger partial charge in [-0.1, -0.05) is 21.9 Å². The first kappa shape index (κ1) is 8.27. The first-order valence-electron chi connectivity index (χ1n) is 3.76. The molecule has 0 saturated heterocycles. The maximum atomic E-state index is 4.09. The Morgan fingerprint density at radius 1 is 1.54 bits per heavy atom. The number of nitrogens with zero attached hydrogens (tertiary/aromatic N) is 2. The van der Waals surface area contributed by atoms with Crippen molar-refractivity contribution in [2.75, 3.05) is 5.33 Å². The summed E-state index contributed by atoms with van der Waals surface area (Å²) in [4.78, 5) is 4.09. The van der Waals surface area contributed by atoms with Gasteiger partial charge >= 0.3 is 0 Å². The van der Waals surface area contributed by atoms with E-state index in [0.29, 0.717) is 11.0 Å². The molecule has 0 aliphatic heterocycles. The fourth-order valence-electron chi connectivity index (χ4n) is 1.07. The molecule has 64 valence electrons. The summed E-state index contributed by atoms with van der Waals surface area (Å²) in [5, 5.41) is 8.49. The van der Waals surface area contributed by atoms with Crippen LogP contribution in [0.25, 0.3) is 11.0 Å². The van der Waals surface area contributed by atoms with Crippen LogP contribution in [0.5, 0.6) is 0 Å². The Balaban J connectivity index is 2.58. The first-order valence-corrected chi connectivity index (χ1v) is 4.88. The van der Waals surface area contributed by atoms with Gasteiger partial charge in [0.25, 0.3) is 0 Å². The SMILES string of the molecule is BrCC#Cc1[nH]nc2ncccc12. The van der Waals surface area contributed by atoms with Gasteiger partial charge in [-0.25, -0.2) is 4.98 Å². The summed E-state index contributed by atoms with van der Waals surface area (Å²) in [6, 6.07) is 3.82. The Labute approximate surface area is 83.7 Å². The second kappa shape index (κ2) is 3.58. The van der Waals surface area contributed by atoms with Gasteiger partial charge in [0.1, 0.15) is 5.69 Å². The Morgan fingerprint density at radius 2 is 2.46 bits per heavy atom. The van der Waals surface area contributed by atoms with Crippen molar-refractivity contribution in [3.8, 4) is 11.8 Å². The highest BCUT2D eigenvalue weighted by Gasteiger charge is 2.00. The molecule has 0 atom stereocenters. The van der Waals surface area contributed by atoms with Crippen LogP contribution in [0.1, 0.15) is 5.69 Å². The van der Waals surface area contributed by atoms with Crippen LogP contribution in [0.2, 0.25) is 0 Å². The van der Waals surface area contributed by atoms with Crippen LogP contribution in [0, 0.1) is 11.8 Å². The number of nitrogens with one attached hydrogen (secondary N) is 1. The van der Waals surface area contributed by atoms with Crippen LogP contribution in [-0.2, 0) is 0 Å². The molecule has 1 N–H and O–H groups in total. The van der Waals surface area contributed by atoms with Gasteiger partial charge in [0.05, 0.1) is 10.7 Å². The minimum atomic E-state index is 0.660. The summed E-state index contributed by atoms with van der Waals surface area (Å²) < 4.78 is 0. The fraction of sp³-hybridized carbons (Fsp3) is 0.111. The highest BCUT2D eigenvalue weighted by Crippen LogP contribution is 2.10. The zero-order valence-corrected chi connectivity index (χ0v) is 8.30. The average Bonchev–Trinajstić information content (AvgIpc) is 2.58. The normalized spacial score (nSPS) is 9.62. The minimum Gasteiger partial charge on any atom is -0.267 e. The van der Waals surface area contributed by atoms with E-state index in [-0.39, 0.29) is 0 Å². The maximum absolute atomic E-state index is 4.09. The summed E-state index contributed by atoms with van der Waals surface area (Å²) in [5.41, 5.74) is 1.53. The number of alkyl halides is 1. The van der Waals surface area contributed by atoms with Crippen LogP contribution in [0.4, 0.5) is 0 Å². The van der Waals surface area contributed by atoms with Gasteiger partial charge < -0.3 is 0 Å². The molecule has 0 aliphatic rings. The minimum absolute atomic E-state index is 0.660. The molecular weight excluding hydrogens is 230 g/mol. The standard InChI is InChI=1S/C9H6BrN3/c10-5-1-4-8-7-3-2-6-11-9(7)13-12-8/h2-3,6H,5H2,(H,11,12,13). The molecule has 0 amide bonds. The number of pyridine rings is 1. The van der Waals surface area contributed by atoms with Crippen molar-refractivity contribution < 1.29 is 0 Å². The smallest absolute Gasteiger partial charge is 0.182 e. The summed E-state index contributed by atoms with van der Waals surface area (Å²) in [5.74, 6) is 5.87. The second-order valence-corrected chi connectivity index (χ2v) is 2.97. The van der Waals surface area contributed by atoms with Gasteiger partial charge in [-0.3, -0.25) is 5.10 Å². The van der Waals surface area contributed by atoms with Crippen molar-refractivity contribution >= 4 is 27.0 Å². The molecule has 2 aromatic rings. The van der Waals surface area contributed by atoms with Crippen molar-refractivity contribution in [3.05, 3.63) is 24.0 Å². The zero-order chi connectivity index (χ0) is 9.10. The molecule has 0 aromatic carbocycles. The van der Waals surface area contributed by atoms with Crippen LogP contribution in [0.15, 0.2) is 18.3 Å². The number of aromatic nitrogens is 3. The zero-order valence-electron chi connectivity index (χ0n) is 6.71. The lowest BCUT2D eigenvalue weighted by Crippen LogP contribution is -1.74. The third kappa shape index (κ3) is 1.56. The van der Waals surface area contributed by atoms with E-state index >= 15 is 0 Å². The number of hydrogen-bond acceptors (Lipinski definition) is 2. The molecule has 0 bridgehead atoms. The van der Waals surface area contributed by atoms with Gasteiger partial charge in [0.15, 0.2) is 5.65 Å². The summed E-state index contributed by atoms with van der Waals surface area (Å²) in [6.07, 6.45) is 1.71. The second-order valence-electron chi connectivity index (χ2n) is 2.41. The van der Waals surface area contributed by atoms with E-state index in [1.165, 1.54) is 0 Å². The number of hydrogen-bond donors (Lipinski definition) is 1. The molecular formula is C9H6BrN3. The lowest BCUT2D eigenvalue weighted by Gasteiger charge is -1.84. The van der Waals surface area contributed by atoms with Crippen molar-refractivity contribution in [3.63, 3.8) is 0 Å². The third-order valence-corrected chi connectivity index (χ3v) is 1.89. The topological polar surface area (TPSA) is 41.6 Å². The van der Waals surface area contributed by atoms with Gasteiger partial charge in [-0.05, 0) is 18.1 Å². The van der Waals surface area contributed by atoms with Crippen molar-refractivity contribution in [1.82, 2.24) is 15.2 Å². The number of aromatic amines is 1. The predicted octanol–water partition coefficient (Wildman–Crippen LogP) is 1.70. The lowest BCUT2D eigenvalue weighted by atomic mass is 10.3. The third-order valence-electron chi connectivity index (χ3n) is 1.61. The molecule has 3 nitrogen and oxygen atoms in total. The Bertz CT molecular complexity index is 478. The molecule has 0 radical (unpaired) electrons. The van der Waals surface area contributed by atoms with Gasteiger partial charge in [-0.2, -0.15) is 5.10 Å². The molecule has 2 rings (SSSR count). The monoisotopic (exact) mass is 235 g/mol. The Kier molecular flexibility index (Phi) is 2.28. The average molecular weight is 236 g/mol. The lowest BCUT2D eigenvalue weighted by molar-refractivity contribution is 1.08. The fourth-order valence-corrected chi connectivity index (χ4v) is 1.21. The van der Waals surface area contributed by atoms with E-state index in [9.17, 15) is 0 Å². The van der Waals surface area contributed by atoms with Gasteiger partial charge in [0.2, 0.25) is 0 Å². The van der Waals surface area contributed by atoms with Crippen molar-refractivity contribution in [2.45, 2.75) is 0 Å². The predicted molar refractivity (Wildman–Crippen MR) is 54.6 cm³/mol. The molecule has 2 heterocycles. The molecule has 0 aliphatic carbocycles. The van der Waals surface area contributed by atoms with Crippen LogP contribution < -0.4 is 0 Å². The van der Waals surface area contributed by atoms with E-state index in [2.05, 4.69) is 43.0 Å². The van der Waals surface area contributed by atoms with Crippen LogP contribution in [0.3, 0.4) is 0 Å². The molecule has 2 aromatic heterocycles. The van der Waals surface area contributed by atoms with E-state index in [1.54, 1.807) is 6.20 Å². The highest BCUT2D eigenvalue weighted by atomic mass is 79.9. The number of H-pyrrole nitrogens is 1. The number of halogens is 1. The largest absolute Gasteiger partial charge is 0.267 e. The van der Waals surface area contributed by atoms with E-state index in [1.807, 2.05) is 12.1 Å².